The zero-order valence-corrected chi connectivity index (χ0v) is 8.91. The van der Waals surface area contributed by atoms with Crippen LogP contribution in [-0.4, -0.2) is 20.8 Å². The van der Waals surface area contributed by atoms with Crippen LogP contribution in [0.2, 0.25) is 0 Å². The number of fused-ring (bicyclic) bond motifs is 1. The second kappa shape index (κ2) is 3.95. The van der Waals surface area contributed by atoms with Gasteiger partial charge in [0.25, 0.3) is 0 Å². The van der Waals surface area contributed by atoms with Crippen LogP contribution in [0.1, 0.15) is 23.2 Å². The SMILES string of the molecule is OC1NN=C(c2ccccn2)c2ncccc21. The Hall–Kier alpha value is -2.27. The molecule has 1 aliphatic heterocycles. The number of aromatic nitrogens is 2. The molecule has 3 heterocycles. The van der Waals surface area contributed by atoms with Gasteiger partial charge < -0.3 is 5.11 Å². The molecule has 0 radical (unpaired) electrons. The molecule has 0 spiro atoms. The highest BCUT2D eigenvalue weighted by Gasteiger charge is 2.23. The van der Waals surface area contributed by atoms with E-state index < -0.39 is 6.23 Å². The Bertz CT molecular complexity index is 568. The van der Waals surface area contributed by atoms with Crippen LogP contribution in [0.4, 0.5) is 0 Å². The van der Waals surface area contributed by atoms with E-state index in [0.29, 0.717) is 17.0 Å². The summed E-state index contributed by atoms with van der Waals surface area (Å²) < 4.78 is 0. The lowest BCUT2D eigenvalue weighted by Crippen LogP contribution is -2.27. The number of rotatable bonds is 1. The predicted octanol–water partition coefficient (Wildman–Crippen LogP) is 0.823. The Balaban J connectivity index is 2.14. The second-order valence-electron chi connectivity index (χ2n) is 3.65. The van der Waals surface area contributed by atoms with Gasteiger partial charge in [0.15, 0.2) is 6.23 Å². The molecule has 2 aromatic heterocycles. The van der Waals surface area contributed by atoms with Crippen LogP contribution in [0.15, 0.2) is 47.8 Å². The van der Waals surface area contributed by atoms with E-state index in [2.05, 4.69) is 20.5 Å². The average molecular weight is 226 g/mol. The van der Waals surface area contributed by atoms with Crippen LogP contribution in [-0.2, 0) is 0 Å². The zero-order valence-electron chi connectivity index (χ0n) is 8.91. The molecule has 2 N–H and O–H groups in total. The normalized spacial score (nSPS) is 17.9. The van der Waals surface area contributed by atoms with Crippen LogP contribution < -0.4 is 5.43 Å². The fourth-order valence-electron chi connectivity index (χ4n) is 1.77. The summed E-state index contributed by atoms with van der Waals surface area (Å²) in [5.41, 5.74) is 5.40. The Labute approximate surface area is 97.9 Å². The minimum atomic E-state index is -0.814. The molecule has 1 atom stereocenters. The zero-order chi connectivity index (χ0) is 11.7. The molecule has 1 aliphatic rings. The van der Waals surface area contributed by atoms with Crippen molar-refractivity contribution in [3.05, 3.63) is 59.7 Å². The first-order chi connectivity index (χ1) is 8.36. The smallest absolute Gasteiger partial charge is 0.167 e. The second-order valence-corrected chi connectivity index (χ2v) is 3.65. The van der Waals surface area contributed by atoms with E-state index in [1.54, 1.807) is 18.5 Å². The van der Waals surface area contributed by atoms with E-state index in [-0.39, 0.29) is 0 Å². The fourth-order valence-corrected chi connectivity index (χ4v) is 1.77. The van der Waals surface area contributed by atoms with Gasteiger partial charge in [-0.25, -0.2) is 0 Å². The number of hydrogen-bond acceptors (Lipinski definition) is 5. The third-order valence-electron chi connectivity index (χ3n) is 2.56. The summed E-state index contributed by atoms with van der Waals surface area (Å²) in [6, 6.07) is 9.19. The third kappa shape index (κ3) is 1.66. The number of nitrogens with one attached hydrogen (secondary N) is 1. The molecule has 0 amide bonds. The molecule has 2 aromatic rings. The van der Waals surface area contributed by atoms with Crippen molar-refractivity contribution in [3.63, 3.8) is 0 Å². The van der Waals surface area contributed by atoms with Crippen molar-refractivity contribution in [2.45, 2.75) is 6.23 Å². The van der Waals surface area contributed by atoms with Crippen molar-refractivity contribution in [3.8, 4) is 0 Å². The van der Waals surface area contributed by atoms with E-state index in [4.69, 9.17) is 0 Å². The van der Waals surface area contributed by atoms with Gasteiger partial charge in [0.1, 0.15) is 11.4 Å². The highest BCUT2D eigenvalue weighted by atomic mass is 16.3. The Morgan fingerprint density at radius 1 is 1.06 bits per heavy atom. The van der Waals surface area contributed by atoms with Crippen molar-refractivity contribution >= 4 is 5.71 Å². The summed E-state index contributed by atoms with van der Waals surface area (Å²) in [4.78, 5) is 8.49. The standard InChI is InChI=1S/C12H10N4O/c17-12-8-4-3-7-14-10(8)11(15-16-12)9-5-1-2-6-13-9/h1-7,12,16-17H. The number of aliphatic hydroxyl groups excluding tert-OH is 1. The maximum atomic E-state index is 9.75. The highest BCUT2D eigenvalue weighted by molar-refractivity contribution is 6.11. The maximum Gasteiger partial charge on any atom is 0.167 e. The van der Waals surface area contributed by atoms with Gasteiger partial charge >= 0.3 is 0 Å². The lowest BCUT2D eigenvalue weighted by atomic mass is 10.0. The van der Waals surface area contributed by atoms with Gasteiger partial charge in [-0.1, -0.05) is 12.1 Å². The molecular formula is C12H10N4O. The van der Waals surface area contributed by atoms with Gasteiger partial charge in [-0.15, -0.1) is 0 Å². The number of hydrazone groups is 1. The molecular weight excluding hydrogens is 216 g/mol. The van der Waals surface area contributed by atoms with Crippen molar-refractivity contribution in [1.82, 2.24) is 15.4 Å². The van der Waals surface area contributed by atoms with Crippen LogP contribution in [0.5, 0.6) is 0 Å². The van der Waals surface area contributed by atoms with Gasteiger partial charge in [0, 0.05) is 18.0 Å². The van der Waals surface area contributed by atoms with Crippen LogP contribution in [0.3, 0.4) is 0 Å². The molecule has 1 unspecified atom stereocenters. The van der Waals surface area contributed by atoms with Gasteiger partial charge in [0.05, 0.1) is 5.69 Å². The monoisotopic (exact) mass is 226 g/mol. The quantitative estimate of drug-likeness (QED) is 0.755. The van der Waals surface area contributed by atoms with Crippen LogP contribution in [0, 0.1) is 0 Å². The molecule has 0 fully saturated rings. The van der Waals surface area contributed by atoms with Gasteiger partial charge in [-0.3, -0.25) is 15.4 Å². The maximum absolute atomic E-state index is 9.75. The van der Waals surface area contributed by atoms with Crippen molar-refractivity contribution in [2.75, 3.05) is 0 Å². The van der Waals surface area contributed by atoms with E-state index >= 15 is 0 Å². The molecule has 3 rings (SSSR count). The lowest BCUT2D eigenvalue weighted by molar-refractivity contribution is 0.138. The molecule has 0 aromatic carbocycles. The number of nitrogens with zero attached hydrogens (tertiary/aromatic N) is 3. The minimum Gasteiger partial charge on any atom is -0.368 e. The molecule has 0 saturated heterocycles. The molecule has 0 saturated carbocycles. The van der Waals surface area contributed by atoms with Gasteiger partial charge in [0.2, 0.25) is 0 Å². The summed E-state index contributed by atoms with van der Waals surface area (Å²) in [5.74, 6) is 0. The Morgan fingerprint density at radius 3 is 2.76 bits per heavy atom. The fraction of sp³-hybridized carbons (Fsp3) is 0.0833. The minimum absolute atomic E-state index is 0.645. The third-order valence-corrected chi connectivity index (χ3v) is 2.56. The Kier molecular flexibility index (Phi) is 2.31. The molecule has 0 aliphatic carbocycles. The first kappa shape index (κ1) is 9.92. The van der Waals surface area contributed by atoms with Gasteiger partial charge in [-0.2, -0.15) is 5.10 Å². The van der Waals surface area contributed by atoms with Crippen molar-refractivity contribution < 1.29 is 5.11 Å². The number of aliphatic hydroxyl groups is 1. The van der Waals surface area contributed by atoms with Crippen molar-refractivity contribution in [2.24, 2.45) is 5.10 Å². The number of hydrogen-bond donors (Lipinski definition) is 2. The summed E-state index contributed by atoms with van der Waals surface area (Å²) in [6.45, 7) is 0. The molecule has 17 heavy (non-hydrogen) atoms. The van der Waals surface area contributed by atoms with E-state index in [0.717, 1.165) is 5.69 Å². The van der Waals surface area contributed by atoms with Crippen molar-refractivity contribution in [1.29, 1.82) is 0 Å². The van der Waals surface area contributed by atoms with E-state index in [1.807, 2.05) is 24.3 Å². The Morgan fingerprint density at radius 2 is 1.94 bits per heavy atom. The topological polar surface area (TPSA) is 70.4 Å². The molecule has 84 valence electrons. The average Bonchev–Trinajstić information content (AvgIpc) is 2.41. The van der Waals surface area contributed by atoms with E-state index in [1.165, 1.54) is 0 Å². The first-order valence-corrected chi connectivity index (χ1v) is 5.24. The van der Waals surface area contributed by atoms with E-state index in [9.17, 15) is 5.11 Å². The summed E-state index contributed by atoms with van der Waals surface area (Å²) >= 11 is 0. The molecule has 5 nitrogen and oxygen atoms in total. The molecule has 5 heteroatoms. The molecule has 0 bridgehead atoms. The predicted molar refractivity (Wildman–Crippen MR) is 62.2 cm³/mol. The summed E-state index contributed by atoms with van der Waals surface area (Å²) in [7, 11) is 0. The largest absolute Gasteiger partial charge is 0.368 e. The first-order valence-electron chi connectivity index (χ1n) is 5.24. The highest BCUT2D eigenvalue weighted by Crippen LogP contribution is 2.20. The lowest BCUT2D eigenvalue weighted by Gasteiger charge is -2.20. The van der Waals surface area contributed by atoms with Gasteiger partial charge in [-0.05, 0) is 18.2 Å². The summed E-state index contributed by atoms with van der Waals surface area (Å²) in [6.07, 6.45) is 2.56. The number of pyridine rings is 2. The summed E-state index contributed by atoms with van der Waals surface area (Å²) in [5, 5.41) is 13.9. The van der Waals surface area contributed by atoms with Crippen LogP contribution in [0.25, 0.3) is 0 Å². The van der Waals surface area contributed by atoms with Crippen LogP contribution >= 0.6 is 0 Å².